The zero-order valence-electron chi connectivity index (χ0n) is 12.8. The first-order valence-electron chi connectivity index (χ1n) is 6.75. The summed E-state index contributed by atoms with van der Waals surface area (Å²) in [7, 11) is 3.11. The molecular formula is C15H21NO5. The second-order valence-corrected chi connectivity index (χ2v) is 4.83. The third-order valence-corrected chi connectivity index (χ3v) is 2.91. The molecule has 0 radical (unpaired) electrons. The van der Waals surface area contributed by atoms with E-state index in [0.717, 1.165) is 5.56 Å². The number of carbonyl (C=O) groups is 1. The van der Waals surface area contributed by atoms with Gasteiger partial charge in [-0.25, -0.2) is 4.79 Å². The fourth-order valence-corrected chi connectivity index (χ4v) is 1.86. The molecule has 116 valence electrons. The van der Waals surface area contributed by atoms with Gasteiger partial charge in [0.1, 0.15) is 0 Å². The van der Waals surface area contributed by atoms with Gasteiger partial charge in [-0.15, -0.1) is 4.91 Å². The summed E-state index contributed by atoms with van der Waals surface area (Å²) < 4.78 is 15.4. The second kappa shape index (κ2) is 8.24. The maximum Gasteiger partial charge on any atom is 0.334 e. The van der Waals surface area contributed by atoms with Crippen LogP contribution in [0.25, 0.3) is 0 Å². The van der Waals surface area contributed by atoms with Crippen molar-refractivity contribution in [2.45, 2.75) is 38.8 Å². The highest BCUT2D eigenvalue weighted by Crippen LogP contribution is 2.28. The predicted octanol–water partition coefficient (Wildman–Crippen LogP) is 2.72. The van der Waals surface area contributed by atoms with E-state index in [-0.39, 0.29) is 6.10 Å². The van der Waals surface area contributed by atoms with E-state index in [0.29, 0.717) is 24.3 Å². The van der Waals surface area contributed by atoms with Crippen molar-refractivity contribution >= 4 is 5.97 Å². The molecule has 0 saturated heterocycles. The average Bonchev–Trinajstić information content (AvgIpc) is 2.46. The molecule has 0 fully saturated rings. The Morgan fingerprint density at radius 2 is 1.86 bits per heavy atom. The summed E-state index contributed by atoms with van der Waals surface area (Å²) >= 11 is 0. The first-order chi connectivity index (χ1) is 10.0. The minimum absolute atomic E-state index is 0.261. The van der Waals surface area contributed by atoms with Gasteiger partial charge in [0.05, 0.1) is 20.3 Å². The summed E-state index contributed by atoms with van der Waals surface area (Å²) in [6.45, 7) is 3.46. The lowest BCUT2D eigenvalue weighted by Crippen LogP contribution is -2.24. The van der Waals surface area contributed by atoms with E-state index in [1.54, 1.807) is 34.1 Å². The average molecular weight is 295 g/mol. The van der Waals surface area contributed by atoms with Crippen LogP contribution in [0.3, 0.4) is 0 Å². The maximum atomic E-state index is 11.7. The third-order valence-electron chi connectivity index (χ3n) is 2.91. The Morgan fingerprint density at radius 1 is 1.19 bits per heavy atom. The van der Waals surface area contributed by atoms with Gasteiger partial charge in [0.2, 0.25) is 0 Å². The minimum atomic E-state index is -0.986. The molecule has 0 N–H and O–H groups in total. The molecule has 6 heteroatoms. The molecule has 0 aliphatic heterocycles. The van der Waals surface area contributed by atoms with Crippen LogP contribution in [0.5, 0.6) is 11.5 Å². The fraction of sp³-hybridized carbons (Fsp3) is 0.533. The number of hydrogen-bond donors (Lipinski definition) is 0. The predicted molar refractivity (Wildman–Crippen MR) is 78.7 cm³/mol. The number of rotatable bonds is 8. The quantitative estimate of drug-likeness (QED) is 0.544. The molecular weight excluding hydrogens is 274 g/mol. The van der Waals surface area contributed by atoms with E-state index < -0.39 is 12.0 Å². The summed E-state index contributed by atoms with van der Waals surface area (Å²) in [6.07, 6.45) is 0.553. The highest BCUT2D eigenvalue weighted by atomic mass is 16.5. The van der Waals surface area contributed by atoms with Gasteiger partial charge in [0.15, 0.2) is 17.5 Å². The van der Waals surface area contributed by atoms with Crippen molar-refractivity contribution in [3.8, 4) is 11.5 Å². The van der Waals surface area contributed by atoms with Gasteiger partial charge in [0.25, 0.3) is 0 Å². The Hall–Kier alpha value is -2.11. The number of benzene rings is 1. The Kier molecular flexibility index (Phi) is 6.65. The molecule has 0 bridgehead atoms. The van der Waals surface area contributed by atoms with E-state index in [2.05, 4.69) is 5.18 Å². The Morgan fingerprint density at radius 3 is 2.38 bits per heavy atom. The SMILES string of the molecule is COc1ccc(CCC(N=O)C(=O)OC(C)C)cc1OC. The van der Waals surface area contributed by atoms with Crippen LogP contribution < -0.4 is 9.47 Å². The lowest BCUT2D eigenvalue weighted by atomic mass is 10.1. The number of hydrogen-bond acceptors (Lipinski definition) is 6. The topological polar surface area (TPSA) is 74.2 Å². The standard InChI is InChI=1S/C15H21NO5/c1-10(2)21-15(17)12(16-18)7-5-11-6-8-13(19-3)14(9-11)20-4/h6,8-10,12H,5,7H2,1-4H3. The van der Waals surface area contributed by atoms with Gasteiger partial charge in [-0.3, -0.25) is 0 Å². The largest absolute Gasteiger partial charge is 0.493 e. The van der Waals surface area contributed by atoms with E-state index in [1.165, 1.54) is 0 Å². The normalized spacial score (nSPS) is 11.9. The first kappa shape index (κ1) is 16.9. The Bertz CT molecular complexity index is 487. The molecule has 0 amide bonds. The van der Waals surface area contributed by atoms with Crippen molar-refractivity contribution in [2.75, 3.05) is 14.2 Å². The molecule has 21 heavy (non-hydrogen) atoms. The lowest BCUT2D eigenvalue weighted by Gasteiger charge is -2.13. The van der Waals surface area contributed by atoms with Gasteiger partial charge in [-0.2, -0.15) is 0 Å². The molecule has 1 rings (SSSR count). The van der Waals surface area contributed by atoms with Crippen LogP contribution in [-0.4, -0.2) is 32.3 Å². The van der Waals surface area contributed by atoms with Gasteiger partial charge in [-0.05, 0) is 44.4 Å². The number of methoxy groups -OCH3 is 2. The second-order valence-electron chi connectivity index (χ2n) is 4.83. The molecule has 0 spiro atoms. The maximum absolute atomic E-state index is 11.7. The van der Waals surface area contributed by atoms with Crippen LogP contribution in [0.4, 0.5) is 0 Å². The number of ether oxygens (including phenoxy) is 3. The van der Waals surface area contributed by atoms with Crippen molar-refractivity contribution < 1.29 is 19.0 Å². The molecule has 6 nitrogen and oxygen atoms in total. The molecule has 0 heterocycles. The molecule has 0 saturated carbocycles. The first-order valence-corrected chi connectivity index (χ1v) is 6.75. The van der Waals surface area contributed by atoms with Gasteiger partial charge in [-0.1, -0.05) is 11.2 Å². The van der Waals surface area contributed by atoms with Gasteiger partial charge in [0, 0.05) is 0 Å². The molecule has 0 aliphatic carbocycles. The molecule has 0 aromatic heterocycles. The Labute approximate surface area is 124 Å². The van der Waals surface area contributed by atoms with Crippen LogP contribution in [-0.2, 0) is 16.0 Å². The smallest absolute Gasteiger partial charge is 0.334 e. The fourth-order valence-electron chi connectivity index (χ4n) is 1.86. The van der Waals surface area contributed by atoms with Crippen LogP contribution in [0, 0.1) is 4.91 Å². The molecule has 1 atom stereocenters. The lowest BCUT2D eigenvalue weighted by molar-refractivity contribution is -0.149. The van der Waals surface area contributed by atoms with Crippen molar-refractivity contribution in [1.29, 1.82) is 0 Å². The van der Waals surface area contributed by atoms with Crippen molar-refractivity contribution in [3.05, 3.63) is 28.7 Å². The van der Waals surface area contributed by atoms with E-state index >= 15 is 0 Å². The van der Waals surface area contributed by atoms with Crippen molar-refractivity contribution in [3.63, 3.8) is 0 Å². The minimum Gasteiger partial charge on any atom is -0.493 e. The van der Waals surface area contributed by atoms with Crippen LogP contribution >= 0.6 is 0 Å². The number of aryl methyl sites for hydroxylation is 1. The van der Waals surface area contributed by atoms with Crippen LogP contribution in [0.2, 0.25) is 0 Å². The molecule has 1 unspecified atom stereocenters. The van der Waals surface area contributed by atoms with E-state index in [4.69, 9.17) is 14.2 Å². The summed E-state index contributed by atoms with van der Waals surface area (Å²) in [6, 6.07) is 4.47. The monoisotopic (exact) mass is 295 g/mol. The van der Waals surface area contributed by atoms with Crippen molar-refractivity contribution in [2.24, 2.45) is 5.18 Å². The summed E-state index contributed by atoms with van der Waals surface area (Å²) in [5.41, 5.74) is 0.929. The highest BCUT2D eigenvalue weighted by molar-refractivity contribution is 5.76. The summed E-state index contributed by atoms with van der Waals surface area (Å²) in [5.74, 6) is 0.654. The number of nitroso groups, excluding NO2 is 1. The third kappa shape index (κ3) is 5.06. The van der Waals surface area contributed by atoms with Crippen molar-refractivity contribution in [1.82, 2.24) is 0 Å². The highest BCUT2D eigenvalue weighted by Gasteiger charge is 2.21. The zero-order chi connectivity index (χ0) is 15.8. The number of esters is 1. The molecule has 0 aliphatic rings. The molecule has 1 aromatic carbocycles. The van der Waals surface area contributed by atoms with Gasteiger partial charge < -0.3 is 14.2 Å². The van der Waals surface area contributed by atoms with E-state index in [9.17, 15) is 9.70 Å². The zero-order valence-corrected chi connectivity index (χ0v) is 12.8. The van der Waals surface area contributed by atoms with Crippen LogP contribution in [0.1, 0.15) is 25.8 Å². The molecule has 1 aromatic rings. The van der Waals surface area contributed by atoms with Gasteiger partial charge >= 0.3 is 5.97 Å². The van der Waals surface area contributed by atoms with Crippen LogP contribution in [0.15, 0.2) is 23.4 Å². The summed E-state index contributed by atoms with van der Waals surface area (Å²) in [4.78, 5) is 22.4. The number of carbonyl (C=O) groups excluding carboxylic acids is 1. The summed E-state index contributed by atoms with van der Waals surface area (Å²) in [5, 5.41) is 2.85. The number of nitrogens with zero attached hydrogens (tertiary/aromatic N) is 1. The Balaban J connectivity index is 2.68. The van der Waals surface area contributed by atoms with E-state index in [1.807, 2.05) is 12.1 Å².